The number of nitrogens with one attached hydrogen (secondary N) is 1. The molecule has 2 aliphatic heterocycles. The number of nitrogens with zero attached hydrogens (tertiary/aromatic N) is 2. The lowest BCUT2D eigenvalue weighted by Gasteiger charge is -2.46. The molecule has 1 N–H and O–H groups in total. The highest BCUT2D eigenvalue weighted by Gasteiger charge is 2.44. The lowest BCUT2D eigenvalue weighted by atomic mass is 9.68. The molecule has 4 aliphatic rings. The van der Waals surface area contributed by atoms with Gasteiger partial charge in [0.15, 0.2) is 9.92 Å². The van der Waals surface area contributed by atoms with E-state index < -0.39 is 27.3 Å². The number of amides is 2. The van der Waals surface area contributed by atoms with Gasteiger partial charge in [-0.3, -0.25) is 14.3 Å². The van der Waals surface area contributed by atoms with Crippen LogP contribution in [0.25, 0.3) is 0 Å². The van der Waals surface area contributed by atoms with E-state index in [1.54, 1.807) is 39.2 Å². The van der Waals surface area contributed by atoms with Crippen LogP contribution in [0.5, 0.6) is 5.75 Å². The number of halogens is 1. The van der Waals surface area contributed by atoms with Gasteiger partial charge in [-0.25, -0.2) is 4.21 Å². The smallest absolute Gasteiger partial charge is 0.287 e. The number of benzene rings is 2. The fourth-order valence-corrected chi connectivity index (χ4v) is 9.09. The first kappa shape index (κ1) is 32.0. The lowest BCUT2D eigenvalue weighted by Crippen LogP contribution is -2.49. The molecule has 5 atom stereocenters. The maximum absolute atomic E-state index is 14.5. The van der Waals surface area contributed by atoms with E-state index in [9.17, 15) is 13.8 Å². The number of hydrogen-bond donors (Lipinski definition) is 1. The molecule has 0 aromatic heterocycles. The summed E-state index contributed by atoms with van der Waals surface area (Å²) >= 11 is 6.43. The average molecular weight is 656 g/mol. The number of carbonyl (C=O) groups is 2. The summed E-state index contributed by atoms with van der Waals surface area (Å²) in [5, 5.41) is 0.730. The zero-order valence-corrected chi connectivity index (χ0v) is 27.9. The Morgan fingerprint density at radius 1 is 1.20 bits per heavy atom. The maximum Gasteiger partial charge on any atom is 0.287 e. The fraction of sp³-hybridized carbons (Fsp3) is 0.529. The Hall–Kier alpha value is -2.92. The second kappa shape index (κ2) is 12.4. The van der Waals surface area contributed by atoms with Gasteiger partial charge in [0.25, 0.3) is 5.91 Å². The molecule has 0 unspecified atom stereocenters. The molecule has 2 bridgehead atoms. The number of rotatable bonds is 2. The van der Waals surface area contributed by atoms with Crippen molar-refractivity contribution in [2.45, 2.75) is 74.9 Å². The van der Waals surface area contributed by atoms with E-state index in [0.29, 0.717) is 30.7 Å². The van der Waals surface area contributed by atoms with E-state index >= 15 is 0 Å². The van der Waals surface area contributed by atoms with Gasteiger partial charge >= 0.3 is 0 Å². The molecule has 6 rings (SSSR count). The summed E-state index contributed by atoms with van der Waals surface area (Å²) in [7, 11) is -1.97. The molecule has 2 aromatic carbocycles. The average Bonchev–Trinajstić information content (AvgIpc) is 3.12. The van der Waals surface area contributed by atoms with Crippen molar-refractivity contribution in [2.75, 3.05) is 38.3 Å². The second-order valence-corrected chi connectivity index (χ2v) is 15.6. The van der Waals surface area contributed by atoms with E-state index in [2.05, 4.69) is 26.1 Å². The summed E-state index contributed by atoms with van der Waals surface area (Å²) in [6, 6.07) is 11.4. The van der Waals surface area contributed by atoms with Crippen LogP contribution in [0.15, 0.2) is 57.8 Å². The van der Waals surface area contributed by atoms with Gasteiger partial charge in [-0.05, 0) is 99.2 Å². The Morgan fingerprint density at radius 3 is 2.76 bits per heavy atom. The normalized spacial score (nSPS) is 31.7. The summed E-state index contributed by atoms with van der Waals surface area (Å²) in [6.07, 6.45) is 8.83. The number of fused-ring (bicyclic) bond motifs is 4. The molecule has 2 amide bonds. The zero-order chi connectivity index (χ0) is 32.0. The summed E-state index contributed by atoms with van der Waals surface area (Å²) in [5.74, 6) is 0.0161. The monoisotopic (exact) mass is 655 g/mol. The predicted molar refractivity (Wildman–Crippen MR) is 174 cm³/mol. The van der Waals surface area contributed by atoms with Gasteiger partial charge in [-0.2, -0.15) is 0 Å². The largest absolute Gasteiger partial charge is 0.490 e. The van der Waals surface area contributed by atoms with Gasteiger partial charge < -0.3 is 19.1 Å². The summed E-state index contributed by atoms with van der Waals surface area (Å²) in [4.78, 5) is 28.3. The Labute approximate surface area is 270 Å². The first-order valence-corrected chi connectivity index (χ1v) is 17.6. The number of anilines is 1. The topological polar surface area (TPSA) is 107 Å². The number of hydrogen-bond acceptors (Lipinski definition) is 7. The third-order valence-corrected chi connectivity index (χ3v) is 11.9. The van der Waals surface area contributed by atoms with Gasteiger partial charge in [-0.1, -0.05) is 29.8 Å². The standard InChI is InChI=1S/C34H42ClN3O6S/c1-22(39)36-45(41)26-11-14-31-29(18-26)38(20-34(21-43-31)15-5-7-23-17-25(35)10-13-28(23)34)19-24-9-12-27(24)30(42-4)8-6-16-44-33(2,3)32(40)37-45/h6,8,10-11,13-14,17-18,24,27,30H,5,7,9,12,15-16,19-21H2,1-4H3,(H,36,37,39,40,41)/b8-6+/t24-,27+,30+,34-,45+/m0/s1. The molecule has 242 valence electrons. The minimum Gasteiger partial charge on any atom is -0.490 e. The quantitative estimate of drug-likeness (QED) is 0.419. The van der Waals surface area contributed by atoms with Crippen LogP contribution in [0.2, 0.25) is 5.02 Å². The molecule has 0 radical (unpaired) electrons. The maximum atomic E-state index is 14.5. The highest BCUT2D eigenvalue weighted by Crippen LogP contribution is 2.47. The first-order chi connectivity index (χ1) is 21.4. The van der Waals surface area contributed by atoms with E-state index in [1.807, 2.05) is 18.2 Å². The Bertz CT molecular complexity index is 1650. The fourth-order valence-electron chi connectivity index (χ4n) is 7.26. The molecule has 1 fully saturated rings. The number of carbonyl (C=O) groups excluding carboxylic acids is 2. The van der Waals surface area contributed by atoms with Gasteiger partial charge in [0.2, 0.25) is 5.91 Å². The van der Waals surface area contributed by atoms with Crippen molar-refractivity contribution in [3.8, 4) is 5.75 Å². The molecule has 2 aliphatic carbocycles. The van der Waals surface area contributed by atoms with Gasteiger partial charge in [0.1, 0.15) is 11.4 Å². The van der Waals surface area contributed by atoms with E-state index in [4.69, 9.17) is 25.8 Å². The van der Waals surface area contributed by atoms with Crippen LogP contribution in [0, 0.1) is 11.8 Å². The minimum atomic E-state index is -3.70. The van der Waals surface area contributed by atoms with Crippen molar-refractivity contribution in [3.05, 3.63) is 64.7 Å². The summed E-state index contributed by atoms with van der Waals surface area (Å²) < 4.78 is 39.5. The third kappa shape index (κ3) is 6.26. The van der Waals surface area contributed by atoms with Crippen LogP contribution in [0.4, 0.5) is 5.69 Å². The van der Waals surface area contributed by atoms with Crippen LogP contribution in [0.3, 0.4) is 0 Å². The lowest BCUT2D eigenvalue weighted by molar-refractivity contribution is -0.137. The zero-order valence-electron chi connectivity index (χ0n) is 26.3. The number of aryl methyl sites for hydroxylation is 1. The first-order valence-electron chi connectivity index (χ1n) is 15.7. The van der Waals surface area contributed by atoms with Crippen molar-refractivity contribution in [2.24, 2.45) is 16.2 Å². The predicted octanol–water partition coefficient (Wildman–Crippen LogP) is 5.62. The minimum absolute atomic E-state index is 0.0946. The van der Waals surface area contributed by atoms with Crippen molar-refractivity contribution >= 4 is 39.0 Å². The van der Waals surface area contributed by atoms with Gasteiger partial charge in [-0.15, -0.1) is 4.36 Å². The molecule has 9 nitrogen and oxygen atoms in total. The second-order valence-electron chi connectivity index (χ2n) is 13.3. The highest BCUT2D eigenvalue weighted by atomic mass is 35.5. The molecule has 1 spiro atoms. The molecule has 1 saturated carbocycles. The van der Waals surface area contributed by atoms with Crippen LogP contribution >= 0.6 is 11.6 Å². The number of methoxy groups -OCH3 is 1. The Kier molecular flexibility index (Phi) is 8.80. The van der Waals surface area contributed by atoms with Gasteiger partial charge in [0.05, 0.1) is 29.9 Å². The number of ether oxygens (including phenoxy) is 3. The van der Waals surface area contributed by atoms with E-state index in [-0.39, 0.29) is 23.0 Å². The summed E-state index contributed by atoms with van der Waals surface area (Å²) in [6.45, 7) is 6.49. The van der Waals surface area contributed by atoms with Crippen LogP contribution in [-0.4, -0.2) is 61.1 Å². The van der Waals surface area contributed by atoms with Crippen molar-refractivity contribution < 1.29 is 28.0 Å². The SMILES string of the molecule is CO[C@@H]1/C=C/COC(C)(C)C(=O)N=[S@](=O)(NC(C)=O)c2ccc3c(c2)N(C[C@@H]2CC[C@H]21)C[C@@]1(CCCc2cc(Cl)ccc21)CO3. The van der Waals surface area contributed by atoms with E-state index in [1.165, 1.54) is 18.1 Å². The highest BCUT2D eigenvalue weighted by molar-refractivity contribution is 7.92. The molecule has 45 heavy (non-hydrogen) atoms. The molecule has 2 heterocycles. The van der Waals surface area contributed by atoms with Crippen LogP contribution in [-0.2, 0) is 40.8 Å². The third-order valence-electron chi connectivity index (χ3n) is 9.83. The molecular formula is C34H42ClN3O6S. The van der Waals surface area contributed by atoms with Crippen molar-refractivity contribution in [1.82, 2.24) is 4.72 Å². The molecule has 0 saturated heterocycles. The van der Waals surface area contributed by atoms with Crippen molar-refractivity contribution in [3.63, 3.8) is 0 Å². The molecule has 2 aromatic rings. The summed E-state index contributed by atoms with van der Waals surface area (Å²) in [5.41, 5.74) is 1.61. The van der Waals surface area contributed by atoms with Crippen LogP contribution in [0.1, 0.15) is 57.6 Å². The molecule has 11 heteroatoms. The Balaban J connectivity index is 1.51. The van der Waals surface area contributed by atoms with Crippen molar-refractivity contribution in [1.29, 1.82) is 0 Å². The molecular weight excluding hydrogens is 614 g/mol. The van der Waals surface area contributed by atoms with Gasteiger partial charge in [0, 0.05) is 37.6 Å². The Morgan fingerprint density at radius 2 is 2.02 bits per heavy atom. The van der Waals surface area contributed by atoms with E-state index in [0.717, 1.165) is 49.4 Å². The van der Waals surface area contributed by atoms with Crippen LogP contribution < -0.4 is 14.4 Å².